The van der Waals surface area contributed by atoms with E-state index >= 15 is 0 Å². The van der Waals surface area contributed by atoms with E-state index < -0.39 is 0 Å². The average Bonchev–Trinajstić information content (AvgIpc) is 2.55. The van der Waals surface area contributed by atoms with Crippen LogP contribution in [0.5, 0.6) is 0 Å². The van der Waals surface area contributed by atoms with Crippen LogP contribution in [-0.4, -0.2) is 45.7 Å². The topological polar surface area (TPSA) is 6.02 Å². The number of nitrogens with zero attached hydrogens (tertiary/aromatic N) is 2. The molecule has 2 aliphatic heterocycles. The van der Waals surface area contributed by atoms with Gasteiger partial charge in [0.2, 0.25) is 0 Å². The van der Waals surface area contributed by atoms with Crippen LogP contribution in [0, 0.1) is 10.8 Å². The van der Waals surface area contributed by atoms with Gasteiger partial charge in [0, 0.05) is 23.7 Å². The summed E-state index contributed by atoms with van der Waals surface area (Å²) in [4.78, 5) is 0. The van der Waals surface area contributed by atoms with Crippen LogP contribution < -0.4 is 0 Å². The molecular formula is C19H36N2+2. The summed E-state index contributed by atoms with van der Waals surface area (Å²) >= 11 is 0. The van der Waals surface area contributed by atoms with Crippen molar-refractivity contribution < 1.29 is 9.15 Å². The van der Waals surface area contributed by atoms with Crippen LogP contribution in [0.2, 0.25) is 0 Å². The molecule has 120 valence electrons. The Balaban J connectivity index is 1.97. The quantitative estimate of drug-likeness (QED) is 0.692. The number of hydrogen-bond donors (Lipinski definition) is 0. The van der Waals surface area contributed by atoms with Gasteiger partial charge in [-0.3, -0.25) is 0 Å². The third kappa shape index (κ3) is 3.76. The minimum Gasteiger partial charge on any atom is -0.234 e. The van der Waals surface area contributed by atoms with Crippen molar-refractivity contribution in [3.63, 3.8) is 0 Å². The standard InChI is InChI=1S/C19H36N2/c1-16(2)12-18(5,6)20(14-16)10-9-11-21-15-17(3,4)13-19(21,7)8/h14-15H,9-13H2,1-8H3/q+2. The van der Waals surface area contributed by atoms with Crippen LogP contribution in [0.15, 0.2) is 0 Å². The molecule has 2 heteroatoms. The zero-order valence-corrected chi connectivity index (χ0v) is 15.6. The normalized spacial score (nSPS) is 28.4. The summed E-state index contributed by atoms with van der Waals surface area (Å²) in [5, 5.41) is 0. The van der Waals surface area contributed by atoms with Gasteiger partial charge in [-0.1, -0.05) is 27.7 Å². The second-order valence-electron chi connectivity index (χ2n) is 9.95. The van der Waals surface area contributed by atoms with Crippen molar-refractivity contribution in [2.75, 3.05) is 13.1 Å². The molecule has 2 nitrogen and oxygen atoms in total. The maximum absolute atomic E-state index is 2.58. The monoisotopic (exact) mass is 292 g/mol. The molecule has 0 fully saturated rings. The molecule has 2 rings (SSSR count). The van der Waals surface area contributed by atoms with Crippen molar-refractivity contribution >= 4 is 12.4 Å². The lowest BCUT2D eigenvalue weighted by Gasteiger charge is -2.20. The van der Waals surface area contributed by atoms with E-state index in [1.54, 1.807) is 0 Å². The molecule has 2 aliphatic rings. The highest BCUT2D eigenvalue weighted by atomic mass is 15.1. The fourth-order valence-electron chi connectivity index (χ4n) is 4.86. The number of hydrogen-bond acceptors (Lipinski definition) is 0. The van der Waals surface area contributed by atoms with Gasteiger partial charge in [-0.2, -0.15) is 0 Å². The van der Waals surface area contributed by atoms with Crippen LogP contribution in [-0.2, 0) is 0 Å². The largest absolute Gasteiger partial charge is 0.234 e. The maximum Gasteiger partial charge on any atom is 0.157 e. The Bertz CT molecular complexity index is 432. The highest BCUT2D eigenvalue weighted by Gasteiger charge is 2.46. The van der Waals surface area contributed by atoms with Crippen molar-refractivity contribution in [3.05, 3.63) is 0 Å². The van der Waals surface area contributed by atoms with Gasteiger partial charge in [-0.25, -0.2) is 9.15 Å². The van der Waals surface area contributed by atoms with Crippen LogP contribution in [0.25, 0.3) is 0 Å². The van der Waals surface area contributed by atoms with Gasteiger partial charge in [0.25, 0.3) is 0 Å². The summed E-state index contributed by atoms with van der Waals surface area (Å²) in [5.74, 6) is 0. The Morgan fingerprint density at radius 2 is 1.00 bits per heavy atom. The van der Waals surface area contributed by atoms with E-state index in [9.17, 15) is 0 Å². The summed E-state index contributed by atoms with van der Waals surface area (Å²) in [7, 11) is 0. The smallest absolute Gasteiger partial charge is 0.157 e. The summed E-state index contributed by atoms with van der Waals surface area (Å²) in [6, 6.07) is 0. The molecule has 0 aliphatic carbocycles. The zero-order valence-electron chi connectivity index (χ0n) is 15.6. The Hall–Kier alpha value is -0.660. The molecule has 0 bridgehead atoms. The molecule has 0 spiro atoms. The SMILES string of the molecule is CC1(C)C=[N+](CCC[N+]2=CC(C)(C)CC2(C)C)C(C)(C)C1. The molecule has 0 atom stereocenters. The molecule has 0 aromatic carbocycles. The Morgan fingerprint density at radius 1 is 0.667 bits per heavy atom. The third-order valence-electron chi connectivity index (χ3n) is 5.14. The minimum absolute atomic E-state index is 0.313. The van der Waals surface area contributed by atoms with Crippen LogP contribution in [0.1, 0.15) is 74.7 Å². The fraction of sp³-hybridized carbons (Fsp3) is 0.895. The zero-order chi connectivity index (χ0) is 16.1. The second-order valence-corrected chi connectivity index (χ2v) is 9.95. The van der Waals surface area contributed by atoms with Gasteiger partial charge in [0.15, 0.2) is 11.1 Å². The first-order valence-electron chi connectivity index (χ1n) is 8.59. The Morgan fingerprint density at radius 3 is 1.24 bits per heavy atom. The van der Waals surface area contributed by atoms with E-state index in [1.165, 1.54) is 32.4 Å². The van der Waals surface area contributed by atoms with Gasteiger partial charge >= 0.3 is 0 Å². The molecule has 0 N–H and O–H groups in total. The average molecular weight is 293 g/mol. The van der Waals surface area contributed by atoms with E-state index in [4.69, 9.17) is 0 Å². The van der Waals surface area contributed by atoms with Gasteiger partial charge < -0.3 is 0 Å². The van der Waals surface area contributed by atoms with E-state index in [2.05, 4.69) is 77.0 Å². The third-order valence-corrected chi connectivity index (χ3v) is 5.14. The van der Waals surface area contributed by atoms with Gasteiger partial charge in [-0.15, -0.1) is 0 Å². The first-order chi connectivity index (χ1) is 9.33. The Kier molecular flexibility index (Phi) is 3.92. The highest BCUT2D eigenvalue weighted by molar-refractivity contribution is 5.62. The second kappa shape index (κ2) is 4.93. The van der Waals surface area contributed by atoms with Crippen molar-refractivity contribution in [2.45, 2.75) is 85.7 Å². The predicted octanol–water partition coefficient (Wildman–Crippen LogP) is 3.96. The molecule has 0 aromatic heterocycles. The van der Waals surface area contributed by atoms with E-state index in [0.717, 1.165) is 0 Å². The van der Waals surface area contributed by atoms with Crippen LogP contribution in [0.4, 0.5) is 0 Å². The van der Waals surface area contributed by atoms with Crippen LogP contribution >= 0.6 is 0 Å². The Labute approximate surface area is 132 Å². The molecule has 0 saturated heterocycles. The summed E-state index contributed by atoms with van der Waals surface area (Å²) < 4.78 is 5.17. The molecule has 21 heavy (non-hydrogen) atoms. The number of rotatable bonds is 4. The van der Waals surface area contributed by atoms with Crippen molar-refractivity contribution in [1.82, 2.24) is 0 Å². The lowest BCUT2D eigenvalue weighted by Crippen LogP contribution is -2.36. The predicted molar refractivity (Wildman–Crippen MR) is 92.0 cm³/mol. The summed E-state index contributed by atoms with van der Waals surface area (Å²) in [6.45, 7) is 21.3. The maximum atomic E-state index is 2.58. The first-order valence-corrected chi connectivity index (χ1v) is 8.59. The van der Waals surface area contributed by atoms with Gasteiger partial charge in [0.1, 0.15) is 25.5 Å². The van der Waals surface area contributed by atoms with Crippen molar-refractivity contribution in [1.29, 1.82) is 0 Å². The van der Waals surface area contributed by atoms with E-state index in [1.807, 2.05) is 0 Å². The van der Waals surface area contributed by atoms with E-state index in [0.29, 0.717) is 21.9 Å². The highest BCUT2D eigenvalue weighted by Crippen LogP contribution is 2.36. The molecule has 0 aromatic rings. The summed E-state index contributed by atoms with van der Waals surface area (Å²) in [5.41, 5.74) is 1.33. The molecular weight excluding hydrogens is 256 g/mol. The van der Waals surface area contributed by atoms with Crippen LogP contribution in [0.3, 0.4) is 0 Å². The molecule has 0 unspecified atom stereocenters. The molecule has 0 saturated carbocycles. The summed E-state index contributed by atoms with van der Waals surface area (Å²) in [6.07, 6.45) is 8.69. The van der Waals surface area contributed by atoms with E-state index in [-0.39, 0.29) is 0 Å². The molecule has 2 heterocycles. The lowest BCUT2D eigenvalue weighted by molar-refractivity contribution is -0.614. The van der Waals surface area contributed by atoms with Gasteiger partial charge in [-0.05, 0) is 27.7 Å². The van der Waals surface area contributed by atoms with Crippen molar-refractivity contribution in [3.8, 4) is 0 Å². The van der Waals surface area contributed by atoms with Crippen molar-refractivity contribution in [2.24, 2.45) is 10.8 Å². The lowest BCUT2D eigenvalue weighted by atomic mass is 9.85. The molecule has 0 amide bonds. The van der Waals surface area contributed by atoms with Gasteiger partial charge in [0.05, 0.1) is 6.42 Å². The molecule has 0 radical (unpaired) electrons. The minimum atomic E-state index is 0.313. The first kappa shape index (κ1) is 16.7. The fourth-order valence-corrected chi connectivity index (χ4v) is 4.86.